The fourth-order valence-corrected chi connectivity index (χ4v) is 2.80. The van der Waals surface area contributed by atoms with Gasteiger partial charge in [0.25, 0.3) is 0 Å². The van der Waals surface area contributed by atoms with Crippen LogP contribution in [0.1, 0.15) is 52.4 Å². The monoisotopic (exact) mass is 311 g/mol. The topological polar surface area (TPSA) is 55.8 Å². The molecule has 5 nitrogen and oxygen atoms in total. The predicted molar refractivity (Wildman–Crippen MR) is 85.4 cm³/mol. The molecule has 0 spiro atoms. The first-order valence-corrected chi connectivity index (χ1v) is 8.17. The molecule has 0 aromatic heterocycles. The van der Waals surface area contributed by atoms with Gasteiger partial charge in [0.05, 0.1) is 25.7 Å². The molecule has 1 saturated heterocycles. The molecular weight excluding hydrogens is 282 g/mol. The Morgan fingerprint density at radius 2 is 2.18 bits per heavy atom. The third-order valence-corrected chi connectivity index (χ3v) is 4.11. The number of hydrogen-bond acceptors (Lipinski definition) is 4. The molecule has 0 aromatic carbocycles. The van der Waals surface area contributed by atoms with Crippen LogP contribution in [0.3, 0.4) is 0 Å². The lowest BCUT2D eigenvalue weighted by Gasteiger charge is -2.26. The standard InChI is InChI=1S/C17H29NO4/c1-5-7-9-13(3)22-14(6-2)12-16(19)18-11-8-10-15(18)17(20)21-4/h5,13-15H,1,6-12H2,2-4H3/t13-,14+,15+/m1/s1. The van der Waals surface area contributed by atoms with E-state index in [0.717, 1.165) is 25.7 Å². The summed E-state index contributed by atoms with van der Waals surface area (Å²) in [5.74, 6) is -0.338. The second-order valence-corrected chi connectivity index (χ2v) is 5.82. The lowest BCUT2D eigenvalue weighted by molar-refractivity contribution is -0.152. The molecule has 1 aliphatic rings. The molecular formula is C17H29NO4. The van der Waals surface area contributed by atoms with Crippen LogP contribution < -0.4 is 0 Å². The summed E-state index contributed by atoms with van der Waals surface area (Å²) in [6.07, 6.45) is 6.31. The normalized spacial score (nSPS) is 20.5. The number of rotatable bonds is 9. The maximum Gasteiger partial charge on any atom is 0.328 e. The summed E-state index contributed by atoms with van der Waals surface area (Å²) >= 11 is 0. The van der Waals surface area contributed by atoms with Gasteiger partial charge in [0.15, 0.2) is 0 Å². The summed E-state index contributed by atoms with van der Waals surface area (Å²) in [6.45, 7) is 8.36. The first kappa shape index (κ1) is 18.7. The molecule has 0 unspecified atom stereocenters. The lowest BCUT2D eigenvalue weighted by Crippen LogP contribution is -2.42. The van der Waals surface area contributed by atoms with Crippen molar-refractivity contribution in [3.05, 3.63) is 12.7 Å². The van der Waals surface area contributed by atoms with E-state index in [1.54, 1.807) is 4.90 Å². The zero-order chi connectivity index (χ0) is 16.5. The zero-order valence-corrected chi connectivity index (χ0v) is 14.0. The van der Waals surface area contributed by atoms with Crippen LogP contribution >= 0.6 is 0 Å². The van der Waals surface area contributed by atoms with Crippen molar-refractivity contribution in [3.63, 3.8) is 0 Å². The molecule has 0 saturated carbocycles. The van der Waals surface area contributed by atoms with Gasteiger partial charge in [-0.2, -0.15) is 0 Å². The summed E-state index contributed by atoms with van der Waals surface area (Å²) in [6, 6.07) is -0.423. The Kier molecular flexibility index (Phi) is 8.17. The lowest BCUT2D eigenvalue weighted by atomic mass is 10.1. The van der Waals surface area contributed by atoms with E-state index in [0.29, 0.717) is 19.4 Å². The molecule has 0 aliphatic carbocycles. The molecule has 1 amide bonds. The van der Waals surface area contributed by atoms with Crippen molar-refractivity contribution in [3.8, 4) is 0 Å². The quantitative estimate of drug-likeness (QED) is 0.485. The zero-order valence-electron chi connectivity index (χ0n) is 14.0. The Hall–Kier alpha value is -1.36. The Balaban J connectivity index is 2.53. The van der Waals surface area contributed by atoms with Gasteiger partial charge in [-0.25, -0.2) is 4.79 Å². The predicted octanol–water partition coefficient (Wildman–Crippen LogP) is 2.69. The van der Waals surface area contributed by atoms with E-state index in [9.17, 15) is 9.59 Å². The Bertz CT molecular complexity index is 383. The van der Waals surface area contributed by atoms with Crippen LogP contribution in [0.25, 0.3) is 0 Å². The van der Waals surface area contributed by atoms with Gasteiger partial charge in [-0.15, -0.1) is 6.58 Å². The third kappa shape index (κ3) is 5.44. The Morgan fingerprint density at radius 3 is 2.77 bits per heavy atom. The number of allylic oxidation sites excluding steroid dienone is 1. The molecule has 1 fully saturated rings. The van der Waals surface area contributed by atoms with Crippen molar-refractivity contribution < 1.29 is 19.1 Å². The fourth-order valence-electron chi connectivity index (χ4n) is 2.80. The Labute approximate surface area is 133 Å². The van der Waals surface area contributed by atoms with Crippen LogP contribution in [-0.2, 0) is 19.1 Å². The van der Waals surface area contributed by atoms with Crippen molar-refractivity contribution in [1.29, 1.82) is 0 Å². The number of amides is 1. The minimum absolute atomic E-state index is 0.0179. The van der Waals surface area contributed by atoms with Gasteiger partial charge >= 0.3 is 5.97 Å². The van der Waals surface area contributed by atoms with Crippen LogP contribution in [0, 0.1) is 0 Å². The molecule has 22 heavy (non-hydrogen) atoms. The molecule has 126 valence electrons. The fraction of sp³-hybridized carbons (Fsp3) is 0.765. The summed E-state index contributed by atoms with van der Waals surface area (Å²) < 4.78 is 10.7. The molecule has 0 aromatic rings. The number of ether oxygens (including phenoxy) is 2. The van der Waals surface area contributed by atoms with Gasteiger partial charge in [-0.1, -0.05) is 13.0 Å². The van der Waals surface area contributed by atoms with Crippen LogP contribution in [0.15, 0.2) is 12.7 Å². The second kappa shape index (κ2) is 9.62. The molecule has 0 bridgehead atoms. The van der Waals surface area contributed by atoms with Crippen molar-refractivity contribution in [1.82, 2.24) is 4.90 Å². The second-order valence-electron chi connectivity index (χ2n) is 5.82. The van der Waals surface area contributed by atoms with E-state index < -0.39 is 6.04 Å². The van der Waals surface area contributed by atoms with E-state index in [-0.39, 0.29) is 24.1 Å². The molecule has 1 heterocycles. The summed E-state index contributed by atoms with van der Waals surface area (Å²) in [5, 5.41) is 0. The molecule has 0 radical (unpaired) electrons. The van der Waals surface area contributed by atoms with Gasteiger partial charge in [0, 0.05) is 6.54 Å². The maximum atomic E-state index is 12.5. The first-order valence-electron chi connectivity index (χ1n) is 8.17. The summed E-state index contributed by atoms with van der Waals surface area (Å²) in [4.78, 5) is 25.8. The maximum absolute atomic E-state index is 12.5. The van der Waals surface area contributed by atoms with Crippen LogP contribution in [0.5, 0.6) is 0 Å². The molecule has 5 heteroatoms. The summed E-state index contributed by atoms with van der Waals surface area (Å²) in [5.41, 5.74) is 0. The van der Waals surface area contributed by atoms with E-state index >= 15 is 0 Å². The van der Waals surface area contributed by atoms with Crippen LogP contribution in [-0.4, -0.2) is 48.7 Å². The highest BCUT2D eigenvalue weighted by molar-refractivity contribution is 5.85. The number of esters is 1. The van der Waals surface area contributed by atoms with Gasteiger partial charge in [0.1, 0.15) is 6.04 Å². The molecule has 3 atom stereocenters. The average Bonchev–Trinajstić information content (AvgIpc) is 3.00. The van der Waals surface area contributed by atoms with Gasteiger partial charge < -0.3 is 14.4 Å². The third-order valence-electron chi connectivity index (χ3n) is 4.11. The molecule has 0 N–H and O–H groups in total. The smallest absolute Gasteiger partial charge is 0.328 e. The Morgan fingerprint density at radius 1 is 1.45 bits per heavy atom. The number of nitrogens with zero attached hydrogens (tertiary/aromatic N) is 1. The van der Waals surface area contributed by atoms with Crippen molar-refractivity contribution in [2.45, 2.75) is 70.6 Å². The number of likely N-dealkylation sites (tertiary alicyclic amines) is 1. The minimum atomic E-state index is -0.423. The number of carbonyl (C=O) groups is 2. The van der Waals surface area contributed by atoms with Crippen LogP contribution in [0.4, 0.5) is 0 Å². The number of carbonyl (C=O) groups excluding carboxylic acids is 2. The minimum Gasteiger partial charge on any atom is -0.467 e. The first-order chi connectivity index (χ1) is 10.5. The van der Waals surface area contributed by atoms with Gasteiger partial charge in [0.2, 0.25) is 5.91 Å². The highest BCUT2D eigenvalue weighted by Gasteiger charge is 2.35. The largest absolute Gasteiger partial charge is 0.467 e. The van der Waals surface area contributed by atoms with Crippen molar-refractivity contribution >= 4 is 11.9 Å². The van der Waals surface area contributed by atoms with E-state index in [1.807, 2.05) is 19.9 Å². The van der Waals surface area contributed by atoms with Gasteiger partial charge in [-0.05, 0) is 39.0 Å². The molecule has 1 aliphatic heterocycles. The number of hydrogen-bond donors (Lipinski definition) is 0. The highest BCUT2D eigenvalue weighted by atomic mass is 16.5. The summed E-state index contributed by atoms with van der Waals surface area (Å²) in [7, 11) is 1.36. The van der Waals surface area contributed by atoms with E-state index in [4.69, 9.17) is 9.47 Å². The van der Waals surface area contributed by atoms with E-state index in [2.05, 4.69) is 6.58 Å². The average molecular weight is 311 g/mol. The van der Waals surface area contributed by atoms with Crippen molar-refractivity contribution in [2.75, 3.05) is 13.7 Å². The van der Waals surface area contributed by atoms with Gasteiger partial charge in [-0.3, -0.25) is 4.79 Å². The SMILES string of the molecule is C=CCC[C@@H](C)O[C@@H](CC)CC(=O)N1CCC[C@H]1C(=O)OC. The number of methoxy groups -OCH3 is 1. The van der Waals surface area contributed by atoms with Crippen LogP contribution in [0.2, 0.25) is 0 Å². The van der Waals surface area contributed by atoms with E-state index in [1.165, 1.54) is 7.11 Å². The van der Waals surface area contributed by atoms with Crippen molar-refractivity contribution in [2.24, 2.45) is 0 Å². The molecule has 1 rings (SSSR count). The highest BCUT2D eigenvalue weighted by Crippen LogP contribution is 2.21.